The maximum atomic E-state index is 5.44. The molecule has 2 heteroatoms. The van der Waals surface area contributed by atoms with E-state index in [-0.39, 0.29) is 0 Å². The molecule has 1 unspecified atom stereocenters. The Balaban J connectivity index is 3.07. The van der Waals surface area contributed by atoms with E-state index in [2.05, 4.69) is 33.0 Å². The van der Waals surface area contributed by atoms with Crippen molar-refractivity contribution in [1.82, 2.24) is 5.32 Å². The van der Waals surface area contributed by atoms with E-state index < -0.39 is 0 Å². The van der Waals surface area contributed by atoms with Gasteiger partial charge in [-0.1, -0.05) is 27.2 Å². The number of nitrogens with one attached hydrogen (secondary N) is 1. The van der Waals surface area contributed by atoms with Crippen LogP contribution in [0.25, 0.3) is 0 Å². The van der Waals surface area contributed by atoms with Gasteiger partial charge in [0.1, 0.15) is 0 Å². The van der Waals surface area contributed by atoms with Gasteiger partial charge in [0, 0.05) is 19.2 Å². The maximum absolute atomic E-state index is 5.44. The summed E-state index contributed by atoms with van der Waals surface area (Å²) in [5.41, 5.74) is 0. The first-order chi connectivity index (χ1) is 6.18. The zero-order valence-corrected chi connectivity index (χ0v) is 9.60. The molecule has 0 amide bonds. The Morgan fingerprint density at radius 2 is 1.85 bits per heavy atom. The van der Waals surface area contributed by atoms with Crippen LogP contribution in [-0.2, 0) is 4.74 Å². The minimum absolute atomic E-state index is 0.592. The maximum Gasteiger partial charge on any atom is 0.0590 e. The second-order valence-corrected chi connectivity index (χ2v) is 3.95. The molecule has 0 bridgehead atoms. The molecule has 13 heavy (non-hydrogen) atoms. The van der Waals surface area contributed by atoms with E-state index in [1.54, 1.807) is 0 Å². The summed E-state index contributed by atoms with van der Waals surface area (Å²) in [6.45, 7) is 11.6. The minimum Gasteiger partial charge on any atom is -0.380 e. The molecule has 0 spiro atoms. The molecule has 0 radical (unpaired) electrons. The van der Waals surface area contributed by atoms with Crippen molar-refractivity contribution in [2.24, 2.45) is 5.92 Å². The average Bonchev–Trinajstić information content (AvgIpc) is 2.10. The first-order valence-electron chi connectivity index (χ1n) is 5.49. The van der Waals surface area contributed by atoms with E-state index in [1.165, 1.54) is 12.8 Å². The largest absolute Gasteiger partial charge is 0.380 e. The molecule has 0 aromatic heterocycles. The molecule has 0 saturated carbocycles. The van der Waals surface area contributed by atoms with Gasteiger partial charge < -0.3 is 10.1 Å². The van der Waals surface area contributed by atoms with E-state index in [0.29, 0.717) is 12.0 Å². The molecule has 0 aromatic carbocycles. The topological polar surface area (TPSA) is 21.3 Å². The lowest BCUT2D eigenvalue weighted by Gasteiger charge is -2.17. The minimum atomic E-state index is 0.592. The normalized spacial score (nSPS) is 13.6. The standard InChI is InChI=1S/C11H25NO/c1-5-6-8-13-9-7-12-11(4)10(2)3/h10-12H,5-9H2,1-4H3. The van der Waals surface area contributed by atoms with Crippen LogP contribution in [0.5, 0.6) is 0 Å². The van der Waals surface area contributed by atoms with Crippen molar-refractivity contribution in [3.8, 4) is 0 Å². The summed E-state index contributed by atoms with van der Waals surface area (Å²) < 4.78 is 5.44. The van der Waals surface area contributed by atoms with Gasteiger partial charge in [-0.2, -0.15) is 0 Å². The van der Waals surface area contributed by atoms with Crippen molar-refractivity contribution in [3.63, 3.8) is 0 Å². The number of unbranched alkanes of at least 4 members (excludes halogenated alkanes) is 1. The molecular weight excluding hydrogens is 162 g/mol. The van der Waals surface area contributed by atoms with Crippen LogP contribution < -0.4 is 5.32 Å². The summed E-state index contributed by atoms with van der Waals surface area (Å²) >= 11 is 0. The van der Waals surface area contributed by atoms with Crippen LogP contribution in [0.3, 0.4) is 0 Å². The van der Waals surface area contributed by atoms with Gasteiger partial charge in [0.25, 0.3) is 0 Å². The summed E-state index contributed by atoms with van der Waals surface area (Å²) in [5.74, 6) is 0.704. The first kappa shape index (κ1) is 12.9. The third kappa shape index (κ3) is 8.26. The van der Waals surface area contributed by atoms with Crippen LogP contribution in [0.15, 0.2) is 0 Å². The van der Waals surface area contributed by atoms with E-state index in [1.807, 2.05) is 0 Å². The van der Waals surface area contributed by atoms with Crippen LogP contribution in [0.1, 0.15) is 40.5 Å². The third-order valence-electron chi connectivity index (χ3n) is 2.35. The van der Waals surface area contributed by atoms with Gasteiger partial charge in [-0.3, -0.25) is 0 Å². The molecule has 1 N–H and O–H groups in total. The molecule has 0 aromatic rings. The fourth-order valence-corrected chi connectivity index (χ4v) is 0.943. The summed E-state index contributed by atoms with van der Waals surface area (Å²) in [6, 6.07) is 0.592. The van der Waals surface area contributed by atoms with Gasteiger partial charge in [0.15, 0.2) is 0 Å². The molecular formula is C11H25NO. The summed E-state index contributed by atoms with van der Waals surface area (Å²) in [7, 11) is 0. The van der Waals surface area contributed by atoms with Gasteiger partial charge in [-0.15, -0.1) is 0 Å². The molecule has 0 aliphatic rings. The van der Waals surface area contributed by atoms with Crippen LogP contribution >= 0.6 is 0 Å². The number of hydrogen-bond donors (Lipinski definition) is 1. The molecule has 0 aliphatic heterocycles. The molecule has 0 fully saturated rings. The molecule has 2 nitrogen and oxygen atoms in total. The van der Waals surface area contributed by atoms with E-state index in [4.69, 9.17) is 4.74 Å². The van der Waals surface area contributed by atoms with Crippen molar-refractivity contribution in [2.45, 2.75) is 46.6 Å². The predicted octanol–water partition coefficient (Wildman–Crippen LogP) is 2.44. The number of rotatable bonds is 8. The summed E-state index contributed by atoms with van der Waals surface area (Å²) in [4.78, 5) is 0. The fraction of sp³-hybridized carbons (Fsp3) is 1.00. The SMILES string of the molecule is CCCCOCCNC(C)C(C)C. The van der Waals surface area contributed by atoms with Gasteiger partial charge >= 0.3 is 0 Å². The zero-order chi connectivity index (χ0) is 10.1. The lowest BCUT2D eigenvalue weighted by Crippen LogP contribution is -2.33. The zero-order valence-electron chi connectivity index (χ0n) is 9.60. The third-order valence-corrected chi connectivity index (χ3v) is 2.35. The van der Waals surface area contributed by atoms with Crippen molar-refractivity contribution in [2.75, 3.05) is 19.8 Å². The second kappa shape index (κ2) is 8.52. The van der Waals surface area contributed by atoms with Crippen molar-refractivity contribution in [1.29, 1.82) is 0 Å². The Morgan fingerprint density at radius 3 is 2.38 bits per heavy atom. The first-order valence-corrected chi connectivity index (χ1v) is 5.49. The smallest absolute Gasteiger partial charge is 0.0590 e. The Kier molecular flexibility index (Phi) is 8.46. The number of ether oxygens (including phenoxy) is 1. The van der Waals surface area contributed by atoms with Crippen LogP contribution in [-0.4, -0.2) is 25.8 Å². The lowest BCUT2D eigenvalue weighted by molar-refractivity contribution is 0.130. The predicted molar refractivity (Wildman–Crippen MR) is 58.0 cm³/mol. The number of hydrogen-bond acceptors (Lipinski definition) is 2. The van der Waals surface area contributed by atoms with Crippen molar-refractivity contribution >= 4 is 0 Å². The molecule has 80 valence electrons. The van der Waals surface area contributed by atoms with Gasteiger partial charge in [0.05, 0.1) is 6.61 Å². The Labute approximate surface area is 83.1 Å². The molecule has 0 aliphatic carbocycles. The average molecular weight is 187 g/mol. The second-order valence-electron chi connectivity index (χ2n) is 3.95. The Bertz CT molecular complexity index is 104. The fourth-order valence-electron chi connectivity index (χ4n) is 0.943. The quantitative estimate of drug-likeness (QED) is 0.589. The van der Waals surface area contributed by atoms with Crippen LogP contribution in [0, 0.1) is 5.92 Å². The van der Waals surface area contributed by atoms with Crippen molar-refractivity contribution < 1.29 is 4.74 Å². The summed E-state index contributed by atoms with van der Waals surface area (Å²) in [6.07, 6.45) is 2.40. The highest BCUT2D eigenvalue weighted by Gasteiger charge is 2.04. The summed E-state index contributed by atoms with van der Waals surface area (Å²) in [5, 5.41) is 3.43. The van der Waals surface area contributed by atoms with Crippen molar-refractivity contribution in [3.05, 3.63) is 0 Å². The van der Waals surface area contributed by atoms with E-state index >= 15 is 0 Å². The highest BCUT2D eigenvalue weighted by atomic mass is 16.5. The highest BCUT2D eigenvalue weighted by Crippen LogP contribution is 1.98. The molecule has 0 saturated heterocycles. The van der Waals surface area contributed by atoms with E-state index in [9.17, 15) is 0 Å². The van der Waals surface area contributed by atoms with Gasteiger partial charge in [0.2, 0.25) is 0 Å². The Morgan fingerprint density at radius 1 is 1.15 bits per heavy atom. The van der Waals surface area contributed by atoms with Crippen LogP contribution in [0.2, 0.25) is 0 Å². The molecule has 0 heterocycles. The van der Waals surface area contributed by atoms with Gasteiger partial charge in [-0.25, -0.2) is 0 Å². The molecule has 1 atom stereocenters. The lowest BCUT2D eigenvalue weighted by atomic mass is 10.1. The van der Waals surface area contributed by atoms with Gasteiger partial charge in [-0.05, 0) is 19.3 Å². The van der Waals surface area contributed by atoms with Crippen LogP contribution in [0.4, 0.5) is 0 Å². The molecule has 0 rings (SSSR count). The Hall–Kier alpha value is -0.0800. The van der Waals surface area contributed by atoms with E-state index in [0.717, 1.165) is 19.8 Å². The highest BCUT2D eigenvalue weighted by molar-refractivity contribution is 4.63. The monoisotopic (exact) mass is 187 g/mol.